The van der Waals surface area contributed by atoms with Crippen LogP contribution in [-0.4, -0.2) is 11.4 Å². The van der Waals surface area contributed by atoms with Gasteiger partial charge in [0.15, 0.2) is 0 Å². The monoisotopic (exact) mass is 173 g/mol. The average Bonchev–Trinajstić information content (AvgIpc) is 2.86. The third-order valence-corrected chi connectivity index (χ3v) is 2.33. The Bertz CT molecular complexity index is 321. The smallest absolute Gasteiger partial charge is 0.0645 e. The van der Waals surface area contributed by atoms with E-state index in [1.165, 1.54) is 23.2 Å². The lowest BCUT2D eigenvalue weighted by atomic mass is 10.1. The van der Waals surface area contributed by atoms with E-state index in [-0.39, 0.29) is 0 Å². The van der Waals surface area contributed by atoms with E-state index in [2.05, 4.69) is 49.2 Å². The van der Waals surface area contributed by atoms with Crippen molar-refractivity contribution >= 4 is 5.70 Å². The standard InChI is InChI=1S/C12H15N/c1-3-8-13-9-12(13)11-6-4-10(2)5-7-11/h4-7,9H,3,8H2,1-2H3. The van der Waals surface area contributed by atoms with E-state index < -0.39 is 0 Å². The highest BCUT2D eigenvalue weighted by molar-refractivity contribution is 5.74. The Labute approximate surface area is 79.7 Å². The van der Waals surface area contributed by atoms with Crippen molar-refractivity contribution in [3.63, 3.8) is 0 Å². The molecular formula is C12H15N. The molecule has 1 aromatic rings. The molecule has 0 unspecified atom stereocenters. The summed E-state index contributed by atoms with van der Waals surface area (Å²) in [6.07, 6.45) is 3.43. The van der Waals surface area contributed by atoms with Crippen LogP contribution in [0.3, 0.4) is 0 Å². The molecule has 0 aliphatic carbocycles. The lowest BCUT2D eigenvalue weighted by Gasteiger charge is -2.03. The minimum Gasteiger partial charge on any atom is -0.344 e. The Balaban J connectivity index is 2.04. The number of hydrogen-bond acceptors (Lipinski definition) is 1. The summed E-state index contributed by atoms with van der Waals surface area (Å²) in [5.41, 5.74) is 4.06. The van der Waals surface area contributed by atoms with E-state index >= 15 is 0 Å². The van der Waals surface area contributed by atoms with Crippen LogP contribution in [0, 0.1) is 6.92 Å². The molecule has 0 aromatic heterocycles. The molecule has 0 amide bonds. The van der Waals surface area contributed by atoms with Crippen LogP contribution >= 0.6 is 0 Å². The van der Waals surface area contributed by atoms with Crippen LogP contribution in [0.25, 0.3) is 5.70 Å². The molecule has 0 saturated heterocycles. The van der Waals surface area contributed by atoms with Crippen LogP contribution < -0.4 is 0 Å². The minimum absolute atomic E-state index is 1.16. The van der Waals surface area contributed by atoms with Gasteiger partial charge < -0.3 is 4.90 Å². The number of nitrogens with zero attached hydrogens (tertiary/aromatic N) is 1. The maximum atomic E-state index is 2.31. The summed E-state index contributed by atoms with van der Waals surface area (Å²) in [5, 5.41) is 0. The molecule has 1 aliphatic rings. The van der Waals surface area contributed by atoms with E-state index in [9.17, 15) is 0 Å². The third kappa shape index (κ3) is 1.74. The van der Waals surface area contributed by atoms with Gasteiger partial charge in [0.1, 0.15) is 0 Å². The van der Waals surface area contributed by atoms with E-state index in [1.807, 2.05) is 0 Å². The molecule has 1 aliphatic heterocycles. The van der Waals surface area contributed by atoms with Crippen molar-refractivity contribution in [3.8, 4) is 0 Å². The van der Waals surface area contributed by atoms with E-state index in [4.69, 9.17) is 0 Å². The molecule has 0 bridgehead atoms. The molecule has 1 heterocycles. The molecule has 0 radical (unpaired) electrons. The number of aryl methyl sites for hydroxylation is 1. The number of rotatable bonds is 3. The molecule has 0 saturated carbocycles. The summed E-state index contributed by atoms with van der Waals surface area (Å²) in [6, 6.07) is 8.71. The zero-order chi connectivity index (χ0) is 9.26. The lowest BCUT2D eigenvalue weighted by Crippen LogP contribution is -1.99. The highest BCUT2D eigenvalue weighted by Crippen LogP contribution is 2.31. The first-order valence-corrected chi connectivity index (χ1v) is 4.87. The van der Waals surface area contributed by atoms with Crippen LogP contribution in [-0.2, 0) is 0 Å². The van der Waals surface area contributed by atoms with Crippen LogP contribution in [0.15, 0.2) is 30.5 Å². The van der Waals surface area contributed by atoms with E-state index in [0.29, 0.717) is 0 Å². The molecule has 2 rings (SSSR count). The van der Waals surface area contributed by atoms with Gasteiger partial charge in [-0.3, -0.25) is 0 Å². The zero-order valence-electron chi connectivity index (χ0n) is 8.25. The summed E-state index contributed by atoms with van der Waals surface area (Å²) in [5.74, 6) is 0. The number of hydrogen-bond donors (Lipinski definition) is 0. The van der Waals surface area contributed by atoms with Gasteiger partial charge in [-0.05, 0) is 18.9 Å². The largest absolute Gasteiger partial charge is 0.344 e. The van der Waals surface area contributed by atoms with Crippen molar-refractivity contribution in [2.45, 2.75) is 20.3 Å². The molecule has 1 aromatic carbocycles. The van der Waals surface area contributed by atoms with Crippen molar-refractivity contribution in [3.05, 3.63) is 41.6 Å². The summed E-state index contributed by atoms with van der Waals surface area (Å²) in [4.78, 5) is 2.31. The second kappa shape index (κ2) is 3.25. The fraction of sp³-hybridized carbons (Fsp3) is 0.333. The highest BCUT2D eigenvalue weighted by atomic mass is 15.2. The summed E-state index contributed by atoms with van der Waals surface area (Å²) in [6.45, 7) is 5.48. The van der Waals surface area contributed by atoms with Gasteiger partial charge in [-0.15, -0.1) is 0 Å². The average molecular weight is 173 g/mol. The second-order valence-electron chi connectivity index (χ2n) is 3.57. The van der Waals surface area contributed by atoms with Crippen molar-refractivity contribution in [1.29, 1.82) is 0 Å². The van der Waals surface area contributed by atoms with Gasteiger partial charge in [0.2, 0.25) is 0 Å². The van der Waals surface area contributed by atoms with Gasteiger partial charge in [0.05, 0.1) is 5.70 Å². The van der Waals surface area contributed by atoms with Crippen LogP contribution in [0.4, 0.5) is 0 Å². The zero-order valence-corrected chi connectivity index (χ0v) is 8.25. The first-order chi connectivity index (χ1) is 6.31. The summed E-state index contributed by atoms with van der Waals surface area (Å²) < 4.78 is 0. The van der Waals surface area contributed by atoms with Gasteiger partial charge in [-0.1, -0.05) is 36.8 Å². The molecule has 0 atom stereocenters. The summed E-state index contributed by atoms with van der Waals surface area (Å²) in [7, 11) is 0. The molecule has 0 spiro atoms. The minimum atomic E-state index is 1.16. The maximum Gasteiger partial charge on any atom is 0.0645 e. The second-order valence-corrected chi connectivity index (χ2v) is 3.57. The summed E-state index contributed by atoms with van der Waals surface area (Å²) >= 11 is 0. The quantitative estimate of drug-likeness (QED) is 0.679. The predicted molar refractivity (Wildman–Crippen MR) is 56.2 cm³/mol. The fourth-order valence-electron chi connectivity index (χ4n) is 1.51. The molecule has 68 valence electrons. The lowest BCUT2D eigenvalue weighted by molar-refractivity contribution is 0.606. The van der Waals surface area contributed by atoms with Crippen LogP contribution in [0.1, 0.15) is 24.5 Å². The third-order valence-electron chi connectivity index (χ3n) is 2.33. The topological polar surface area (TPSA) is 3.01 Å². The Morgan fingerprint density at radius 1 is 1.15 bits per heavy atom. The molecule has 0 N–H and O–H groups in total. The number of benzene rings is 1. The van der Waals surface area contributed by atoms with Gasteiger partial charge in [-0.2, -0.15) is 0 Å². The van der Waals surface area contributed by atoms with Crippen molar-refractivity contribution in [2.24, 2.45) is 0 Å². The van der Waals surface area contributed by atoms with Crippen molar-refractivity contribution in [1.82, 2.24) is 4.90 Å². The van der Waals surface area contributed by atoms with Gasteiger partial charge >= 0.3 is 0 Å². The Hall–Kier alpha value is -1.24. The first kappa shape index (κ1) is 8.36. The maximum absolute atomic E-state index is 2.31. The normalized spacial score (nSPS) is 14.3. The highest BCUT2D eigenvalue weighted by Gasteiger charge is 2.20. The molecule has 1 nitrogen and oxygen atoms in total. The first-order valence-electron chi connectivity index (χ1n) is 4.87. The van der Waals surface area contributed by atoms with Crippen molar-refractivity contribution in [2.75, 3.05) is 6.54 Å². The molecular weight excluding hydrogens is 158 g/mol. The van der Waals surface area contributed by atoms with Crippen LogP contribution in [0.5, 0.6) is 0 Å². The van der Waals surface area contributed by atoms with Gasteiger partial charge in [-0.25, -0.2) is 0 Å². The molecule has 1 heteroatoms. The van der Waals surface area contributed by atoms with E-state index in [1.54, 1.807) is 0 Å². The Kier molecular flexibility index (Phi) is 2.09. The Morgan fingerprint density at radius 2 is 1.85 bits per heavy atom. The SMILES string of the molecule is CCCN1C=C1c1ccc(C)cc1. The molecule has 13 heavy (non-hydrogen) atoms. The molecule has 0 fully saturated rings. The van der Waals surface area contributed by atoms with E-state index in [0.717, 1.165) is 6.54 Å². The van der Waals surface area contributed by atoms with Crippen LogP contribution in [0.2, 0.25) is 0 Å². The van der Waals surface area contributed by atoms with Crippen molar-refractivity contribution < 1.29 is 0 Å². The van der Waals surface area contributed by atoms with Gasteiger partial charge in [0, 0.05) is 12.7 Å². The Morgan fingerprint density at radius 3 is 2.46 bits per heavy atom. The fourth-order valence-corrected chi connectivity index (χ4v) is 1.51. The van der Waals surface area contributed by atoms with Gasteiger partial charge in [0.25, 0.3) is 0 Å². The predicted octanol–water partition coefficient (Wildman–Crippen LogP) is 3.02.